The van der Waals surface area contributed by atoms with Crippen LogP contribution in [0.15, 0.2) is 18.7 Å². The summed E-state index contributed by atoms with van der Waals surface area (Å²) in [5.41, 5.74) is 2.40. The molecule has 0 bridgehead atoms. The molecule has 0 radical (unpaired) electrons. The number of rotatable bonds is 9. The maximum atomic E-state index is 5.39. The first-order valence-electron chi connectivity index (χ1n) is 6.87. The number of anilines is 2. The van der Waals surface area contributed by atoms with Crippen molar-refractivity contribution in [2.75, 3.05) is 23.9 Å². The van der Waals surface area contributed by atoms with Gasteiger partial charge in [-0.2, -0.15) is 15.0 Å². The van der Waals surface area contributed by atoms with E-state index in [2.05, 4.69) is 30.7 Å². The molecule has 0 aliphatic rings. The number of ether oxygens (including phenoxy) is 1. The predicted octanol–water partition coefficient (Wildman–Crippen LogP) is 0.645. The molecule has 0 aliphatic carbocycles. The molecular weight excluding hydrogens is 272 g/mol. The van der Waals surface area contributed by atoms with Crippen LogP contribution in [-0.2, 0) is 6.54 Å². The zero-order valence-electron chi connectivity index (χ0n) is 12.0. The molecule has 0 atom stereocenters. The molecule has 0 aliphatic heterocycles. The second-order valence-electron chi connectivity index (χ2n) is 4.34. The standard InChI is InChI=1S/C12H20N8O/c1-2-8-21-12-17-10(16-11(18-12)19-13)15-4-3-6-20-7-5-14-9-20/h5,7,9H,2-4,6,8,13H2,1H3,(H2,15,16,17,18,19). The van der Waals surface area contributed by atoms with Crippen LogP contribution in [0.3, 0.4) is 0 Å². The van der Waals surface area contributed by atoms with Gasteiger partial charge in [0.1, 0.15) is 0 Å². The Morgan fingerprint density at radius 2 is 2.14 bits per heavy atom. The van der Waals surface area contributed by atoms with Crippen LogP contribution in [0.2, 0.25) is 0 Å². The zero-order valence-corrected chi connectivity index (χ0v) is 12.0. The van der Waals surface area contributed by atoms with E-state index in [1.807, 2.05) is 17.7 Å². The molecule has 9 nitrogen and oxygen atoms in total. The van der Waals surface area contributed by atoms with Crippen LogP contribution < -0.4 is 21.3 Å². The molecule has 0 amide bonds. The molecule has 114 valence electrons. The largest absolute Gasteiger partial charge is 0.463 e. The van der Waals surface area contributed by atoms with E-state index in [-0.39, 0.29) is 12.0 Å². The topological polar surface area (TPSA) is 116 Å². The molecular formula is C12H20N8O. The Labute approximate surface area is 122 Å². The van der Waals surface area contributed by atoms with Gasteiger partial charge in [0, 0.05) is 25.5 Å². The lowest BCUT2D eigenvalue weighted by atomic mass is 10.4. The van der Waals surface area contributed by atoms with Crippen molar-refractivity contribution in [2.24, 2.45) is 5.84 Å². The number of nitrogen functional groups attached to an aromatic ring is 1. The first-order chi connectivity index (χ1) is 10.3. The summed E-state index contributed by atoms with van der Waals surface area (Å²) in [7, 11) is 0. The van der Waals surface area contributed by atoms with Gasteiger partial charge >= 0.3 is 6.01 Å². The maximum Gasteiger partial charge on any atom is 0.323 e. The Kier molecular flexibility index (Phi) is 5.71. The Morgan fingerprint density at radius 3 is 2.86 bits per heavy atom. The van der Waals surface area contributed by atoms with Gasteiger partial charge in [0.2, 0.25) is 11.9 Å². The van der Waals surface area contributed by atoms with Gasteiger partial charge in [-0.05, 0) is 12.8 Å². The van der Waals surface area contributed by atoms with Crippen molar-refractivity contribution in [1.29, 1.82) is 0 Å². The molecule has 2 aromatic heterocycles. The summed E-state index contributed by atoms with van der Waals surface area (Å²) in [5, 5.41) is 3.13. The fourth-order valence-electron chi connectivity index (χ4n) is 1.64. The van der Waals surface area contributed by atoms with Gasteiger partial charge in [-0.3, -0.25) is 5.43 Å². The van der Waals surface area contributed by atoms with Crippen LogP contribution in [0.1, 0.15) is 19.8 Å². The van der Waals surface area contributed by atoms with E-state index < -0.39 is 0 Å². The number of nitrogens with zero attached hydrogens (tertiary/aromatic N) is 5. The molecule has 21 heavy (non-hydrogen) atoms. The van der Waals surface area contributed by atoms with Gasteiger partial charge in [0.25, 0.3) is 0 Å². The molecule has 2 aromatic rings. The highest BCUT2D eigenvalue weighted by atomic mass is 16.5. The van der Waals surface area contributed by atoms with Gasteiger partial charge in [0.05, 0.1) is 12.9 Å². The summed E-state index contributed by atoms with van der Waals surface area (Å²) in [6, 6.07) is 0.261. The molecule has 2 heterocycles. The van der Waals surface area contributed by atoms with Crippen molar-refractivity contribution in [1.82, 2.24) is 24.5 Å². The van der Waals surface area contributed by atoms with Crippen molar-refractivity contribution in [3.05, 3.63) is 18.7 Å². The monoisotopic (exact) mass is 292 g/mol. The Balaban J connectivity index is 1.85. The van der Waals surface area contributed by atoms with Gasteiger partial charge in [0.15, 0.2) is 0 Å². The highest BCUT2D eigenvalue weighted by molar-refractivity contribution is 5.34. The normalized spacial score (nSPS) is 10.4. The zero-order chi connectivity index (χ0) is 14.9. The fraction of sp³-hybridized carbons (Fsp3) is 0.500. The average molecular weight is 292 g/mol. The average Bonchev–Trinajstić information content (AvgIpc) is 3.02. The summed E-state index contributed by atoms with van der Waals surface area (Å²) >= 11 is 0. The van der Waals surface area contributed by atoms with E-state index in [0.717, 1.165) is 25.9 Å². The molecule has 9 heteroatoms. The lowest BCUT2D eigenvalue weighted by Crippen LogP contribution is -2.15. The van der Waals surface area contributed by atoms with Crippen molar-refractivity contribution >= 4 is 11.9 Å². The molecule has 2 rings (SSSR count). The second-order valence-corrected chi connectivity index (χ2v) is 4.34. The predicted molar refractivity (Wildman–Crippen MR) is 78.8 cm³/mol. The Bertz CT molecular complexity index is 530. The van der Waals surface area contributed by atoms with Crippen molar-refractivity contribution in [3.8, 4) is 6.01 Å². The summed E-state index contributed by atoms with van der Waals surface area (Å²) in [5.74, 6) is 6.05. The number of nitrogens with one attached hydrogen (secondary N) is 2. The Morgan fingerprint density at radius 1 is 1.29 bits per heavy atom. The van der Waals surface area contributed by atoms with Crippen LogP contribution in [0, 0.1) is 0 Å². The van der Waals surface area contributed by atoms with Gasteiger partial charge in [-0.15, -0.1) is 0 Å². The number of aromatic nitrogens is 5. The Hall–Kier alpha value is -2.42. The van der Waals surface area contributed by atoms with Crippen LogP contribution in [-0.4, -0.2) is 37.7 Å². The van der Waals surface area contributed by atoms with Crippen molar-refractivity contribution in [3.63, 3.8) is 0 Å². The third kappa shape index (κ3) is 4.88. The lowest BCUT2D eigenvalue weighted by molar-refractivity contribution is 0.292. The van der Waals surface area contributed by atoms with E-state index in [1.165, 1.54) is 0 Å². The quantitative estimate of drug-likeness (QED) is 0.350. The summed E-state index contributed by atoms with van der Waals surface area (Å²) in [6.45, 7) is 4.16. The molecule has 0 fully saturated rings. The molecule has 0 unspecified atom stereocenters. The summed E-state index contributed by atoms with van der Waals surface area (Å²) < 4.78 is 7.41. The van der Waals surface area contributed by atoms with E-state index in [1.54, 1.807) is 12.5 Å². The highest BCUT2D eigenvalue weighted by Crippen LogP contribution is 2.10. The number of hydrogen-bond donors (Lipinski definition) is 3. The van der Waals surface area contributed by atoms with Crippen molar-refractivity contribution < 1.29 is 4.74 Å². The van der Waals surface area contributed by atoms with Crippen LogP contribution in [0.4, 0.5) is 11.9 Å². The second kappa shape index (κ2) is 8.00. The number of hydrogen-bond acceptors (Lipinski definition) is 8. The van der Waals surface area contributed by atoms with Gasteiger partial charge < -0.3 is 14.6 Å². The first-order valence-corrected chi connectivity index (χ1v) is 6.87. The SMILES string of the molecule is CCCOc1nc(NN)nc(NCCCn2ccnc2)n1. The number of imidazole rings is 1. The van der Waals surface area contributed by atoms with Crippen LogP contribution in [0.5, 0.6) is 6.01 Å². The summed E-state index contributed by atoms with van der Waals surface area (Å²) in [4.78, 5) is 16.3. The van der Waals surface area contributed by atoms with Crippen LogP contribution in [0.25, 0.3) is 0 Å². The summed E-state index contributed by atoms with van der Waals surface area (Å²) in [6.07, 6.45) is 7.27. The maximum absolute atomic E-state index is 5.39. The van der Waals surface area contributed by atoms with Gasteiger partial charge in [-0.25, -0.2) is 10.8 Å². The molecule has 4 N–H and O–H groups in total. The fourth-order valence-corrected chi connectivity index (χ4v) is 1.64. The molecule has 0 aromatic carbocycles. The van der Waals surface area contributed by atoms with E-state index in [9.17, 15) is 0 Å². The smallest absolute Gasteiger partial charge is 0.323 e. The number of hydrazine groups is 1. The van der Waals surface area contributed by atoms with Crippen LogP contribution >= 0.6 is 0 Å². The third-order valence-corrected chi connectivity index (χ3v) is 2.61. The molecule has 0 spiro atoms. The minimum absolute atomic E-state index is 0.261. The first kappa shape index (κ1) is 15.0. The van der Waals surface area contributed by atoms with E-state index >= 15 is 0 Å². The van der Waals surface area contributed by atoms with E-state index in [4.69, 9.17) is 10.6 Å². The molecule has 0 saturated heterocycles. The third-order valence-electron chi connectivity index (χ3n) is 2.61. The van der Waals surface area contributed by atoms with Crippen molar-refractivity contribution in [2.45, 2.75) is 26.3 Å². The molecule has 0 saturated carbocycles. The number of aryl methyl sites for hydroxylation is 1. The minimum atomic E-state index is 0.261. The highest BCUT2D eigenvalue weighted by Gasteiger charge is 2.06. The van der Waals surface area contributed by atoms with E-state index in [0.29, 0.717) is 12.6 Å². The number of nitrogens with two attached hydrogens (primary N) is 1. The minimum Gasteiger partial charge on any atom is -0.463 e. The van der Waals surface area contributed by atoms with Gasteiger partial charge in [-0.1, -0.05) is 6.92 Å². The lowest BCUT2D eigenvalue weighted by Gasteiger charge is -2.09.